The van der Waals surface area contributed by atoms with Gasteiger partial charge in [0.15, 0.2) is 0 Å². The Morgan fingerprint density at radius 3 is 2.76 bits per heavy atom. The van der Waals surface area contributed by atoms with Crippen LogP contribution in [0.2, 0.25) is 5.02 Å². The quantitative estimate of drug-likeness (QED) is 0.793. The number of nitrogens with one attached hydrogen (secondary N) is 1. The predicted molar refractivity (Wildman–Crippen MR) is 84.4 cm³/mol. The molecule has 2 aromatic carbocycles. The molecule has 0 aliphatic rings. The summed E-state index contributed by atoms with van der Waals surface area (Å²) in [6.07, 6.45) is 0. The van der Waals surface area contributed by atoms with Gasteiger partial charge in [0, 0.05) is 5.02 Å². The van der Waals surface area contributed by atoms with E-state index in [1.54, 1.807) is 30.3 Å². The highest BCUT2D eigenvalue weighted by molar-refractivity contribution is 7.93. The fourth-order valence-electron chi connectivity index (χ4n) is 1.86. The fraction of sp³-hybridized carbons (Fsp3) is 0.0769. The summed E-state index contributed by atoms with van der Waals surface area (Å²) >= 11 is 6.99. The van der Waals surface area contributed by atoms with Crippen molar-refractivity contribution < 1.29 is 8.42 Å². The molecule has 108 valence electrons. The van der Waals surface area contributed by atoms with Crippen molar-refractivity contribution in [2.75, 3.05) is 4.72 Å². The van der Waals surface area contributed by atoms with E-state index in [2.05, 4.69) is 13.5 Å². The first-order valence-corrected chi connectivity index (χ1v) is 8.57. The minimum absolute atomic E-state index is 0.102. The van der Waals surface area contributed by atoms with Gasteiger partial charge in [-0.25, -0.2) is 8.42 Å². The largest absolute Gasteiger partial charge is 0.280 e. The van der Waals surface area contributed by atoms with E-state index in [9.17, 15) is 8.42 Å². The Morgan fingerprint density at radius 1 is 1.19 bits per heavy atom. The number of fused-ring (bicyclic) bond motifs is 1. The average Bonchev–Trinajstić information content (AvgIpc) is 2.90. The lowest BCUT2D eigenvalue weighted by atomic mass is 10.2. The van der Waals surface area contributed by atoms with Gasteiger partial charge in [-0.15, -0.1) is 0 Å². The Hall–Kier alpha value is -1.70. The summed E-state index contributed by atoms with van der Waals surface area (Å²) in [5, 5.41) is 0.503. The number of sulfonamides is 1. The van der Waals surface area contributed by atoms with Crippen LogP contribution >= 0.6 is 23.3 Å². The molecule has 21 heavy (non-hydrogen) atoms. The molecule has 0 saturated carbocycles. The van der Waals surface area contributed by atoms with Crippen LogP contribution in [0.3, 0.4) is 0 Å². The van der Waals surface area contributed by atoms with Crippen molar-refractivity contribution in [3.63, 3.8) is 0 Å². The molecule has 0 atom stereocenters. The Labute approximate surface area is 131 Å². The topological polar surface area (TPSA) is 72.0 Å². The summed E-state index contributed by atoms with van der Waals surface area (Å²) in [7, 11) is -3.74. The van der Waals surface area contributed by atoms with E-state index in [1.807, 2.05) is 6.92 Å². The molecule has 3 rings (SSSR count). The van der Waals surface area contributed by atoms with Crippen LogP contribution in [0.1, 0.15) is 5.56 Å². The van der Waals surface area contributed by atoms with Crippen LogP contribution in [0, 0.1) is 6.92 Å². The highest BCUT2D eigenvalue weighted by atomic mass is 35.5. The zero-order chi connectivity index (χ0) is 15.0. The summed E-state index contributed by atoms with van der Waals surface area (Å²) in [4.78, 5) is 0.102. The molecule has 0 aliphatic carbocycles. The number of aryl methyl sites for hydroxylation is 1. The van der Waals surface area contributed by atoms with Crippen molar-refractivity contribution in [1.82, 2.24) is 8.75 Å². The van der Waals surface area contributed by atoms with Crippen LogP contribution in [-0.2, 0) is 10.0 Å². The monoisotopic (exact) mass is 339 g/mol. The van der Waals surface area contributed by atoms with Crippen molar-refractivity contribution in [1.29, 1.82) is 0 Å². The van der Waals surface area contributed by atoms with Crippen molar-refractivity contribution in [3.05, 3.63) is 47.0 Å². The Bertz CT molecular complexity index is 922. The molecule has 0 saturated heterocycles. The smallest absolute Gasteiger partial charge is 0.264 e. The van der Waals surface area contributed by atoms with E-state index in [0.717, 1.165) is 17.3 Å². The molecule has 0 fully saturated rings. The normalized spacial score (nSPS) is 11.7. The summed E-state index contributed by atoms with van der Waals surface area (Å²) in [6.45, 7) is 1.85. The summed E-state index contributed by atoms with van der Waals surface area (Å²) < 4.78 is 35.6. The third-order valence-corrected chi connectivity index (χ3v) is 5.33. The first-order chi connectivity index (χ1) is 9.97. The molecule has 0 amide bonds. The van der Waals surface area contributed by atoms with E-state index in [-0.39, 0.29) is 4.90 Å². The van der Waals surface area contributed by atoms with E-state index in [4.69, 9.17) is 11.6 Å². The SMILES string of the molecule is Cc1ccc(NS(=O)(=O)c2cccc3nsnc23)cc1Cl. The molecule has 1 N–H and O–H groups in total. The number of hydrogen-bond acceptors (Lipinski definition) is 5. The van der Waals surface area contributed by atoms with Gasteiger partial charge in [-0.05, 0) is 36.8 Å². The number of nitrogens with zero attached hydrogens (tertiary/aromatic N) is 2. The van der Waals surface area contributed by atoms with Gasteiger partial charge in [0.1, 0.15) is 15.9 Å². The van der Waals surface area contributed by atoms with Gasteiger partial charge in [-0.2, -0.15) is 8.75 Å². The molecule has 0 radical (unpaired) electrons. The van der Waals surface area contributed by atoms with Gasteiger partial charge in [-0.1, -0.05) is 23.7 Å². The highest BCUT2D eigenvalue weighted by Crippen LogP contribution is 2.25. The second-order valence-electron chi connectivity index (χ2n) is 4.46. The Balaban J connectivity index is 2.04. The molecule has 0 aliphatic heterocycles. The van der Waals surface area contributed by atoms with Gasteiger partial charge < -0.3 is 0 Å². The minimum Gasteiger partial charge on any atom is -0.280 e. The number of benzene rings is 2. The fourth-order valence-corrected chi connectivity index (χ4v) is 3.86. The minimum atomic E-state index is -3.74. The molecule has 0 unspecified atom stereocenters. The first kappa shape index (κ1) is 14.2. The molecular formula is C13H10ClN3O2S2. The van der Waals surface area contributed by atoms with Crippen LogP contribution < -0.4 is 4.72 Å². The maximum absolute atomic E-state index is 12.5. The van der Waals surface area contributed by atoms with Crippen LogP contribution in [0.5, 0.6) is 0 Å². The number of anilines is 1. The summed E-state index contributed by atoms with van der Waals surface area (Å²) in [6, 6.07) is 9.86. The van der Waals surface area contributed by atoms with Gasteiger partial charge in [0.2, 0.25) is 0 Å². The summed E-state index contributed by atoms with van der Waals surface area (Å²) in [5.41, 5.74) is 2.22. The van der Waals surface area contributed by atoms with E-state index in [0.29, 0.717) is 21.7 Å². The molecule has 8 heteroatoms. The zero-order valence-electron chi connectivity index (χ0n) is 10.9. The molecular weight excluding hydrogens is 330 g/mol. The predicted octanol–water partition coefficient (Wildman–Crippen LogP) is 3.45. The molecule has 5 nitrogen and oxygen atoms in total. The lowest BCUT2D eigenvalue weighted by molar-refractivity contribution is 0.602. The standard InChI is InChI=1S/C13H10ClN3O2S2/c1-8-5-6-9(7-10(8)14)17-21(18,19)12-4-2-3-11-13(12)16-20-15-11/h2-7,17H,1H3. The van der Waals surface area contributed by atoms with E-state index >= 15 is 0 Å². The van der Waals surface area contributed by atoms with Gasteiger partial charge in [-0.3, -0.25) is 4.72 Å². The van der Waals surface area contributed by atoms with Crippen LogP contribution in [-0.4, -0.2) is 17.2 Å². The van der Waals surface area contributed by atoms with Gasteiger partial charge in [0.05, 0.1) is 17.4 Å². The van der Waals surface area contributed by atoms with Gasteiger partial charge in [0.25, 0.3) is 10.0 Å². The Kier molecular flexibility index (Phi) is 3.56. The number of halogens is 1. The second-order valence-corrected chi connectivity index (χ2v) is 7.04. The van der Waals surface area contributed by atoms with Crippen LogP contribution in [0.25, 0.3) is 11.0 Å². The maximum atomic E-state index is 12.5. The lowest BCUT2D eigenvalue weighted by Gasteiger charge is -2.09. The van der Waals surface area contributed by atoms with Crippen molar-refractivity contribution >= 4 is 50.1 Å². The third kappa shape index (κ3) is 2.72. The molecule has 0 spiro atoms. The third-order valence-electron chi connectivity index (χ3n) is 2.96. The molecule has 0 bridgehead atoms. The number of rotatable bonds is 3. The summed E-state index contributed by atoms with van der Waals surface area (Å²) in [5.74, 6) is 0. The molecule has 3 aromatic rings. The zero-order valence-corrected chi connectivity index (χ0v) is 13.3. The van der Waals surface area contributed by atoms with Crippen LogP contribution in [0.15, 0.2) is 41.3 Å². The first-order valence-electron chi connectivity index (χ1n) is 5.97. The lowest BCUT2D eigenvalue weighted by Crippen LogP contribution is -2.13. The second kappa shape index (κ2) is 5.25. The number of aromatic nitrogens is 2. The van der Waals surface area contributed by atoms with E-state index in [1.165, 1.54) is 6.07 Å². The Morgan fingerprint density at radius 2 is 2.00 bits per heavy atom. The molecule has 1 aromatic heterocycles. The maximum Gasteiger partial charge on any atom is 0.264 e. The average molecular weight is 340 g/mol. The highest BCUT2D eigenvalue weighted by Gasteiger charge is 2.19. The molecule has 1 heterocycles. The van der Waals surface area contributed by atoms with Crippen LogP contribution in [0.4, 0.5) is 5.69 Å². The van der Waals surface area contributed by atoms with Crippen molar-refractivity contribution in [3.8, 4) is 0 Å². The van der Waals surface area contributed by atoms with Crippen molar-refractivity contribution in [2.24, 2.45) is 0 Å². The van der Waals surface area contributed by atoms with Gasteiger partial charge >= 0.3 is 0 Å². The van der Waals surface area contributed by atoms with E-state index < -0.39 is 10.0 Å². The van der Waals surface area contributed by atoms with Crippen molar-refractivity contribution in [2.45, 2.75) is 11.8 Å². The number of hydrogen-bond donors (Lipinski definition) is 1.